The second-order valence-electron chi connectivity index (χ2n) is 9.29. The standard InChI is InChI=1S/C26H30BrFN4O5/c1-5-31(26(2,3)4)25(33)37-23-15-18(28)9-11-22(23)36-13-7-6-12-29-24-19-14-17(27)8-10-20(19)30-16-21(24)32(34)35/h8-11,14-16H,5-7,12-13H2,1-4H3,(H,29,30). The molecule has 0 unspecified atom stereocenters. The van der Waals surface area contributed by atoms with Crippen molar-refractivity contribution in [3.63, 3.8) is 0 Å². The Morgan fingerprint density at radius 1 is 1.19 bits per heavy atom. The Labute approximate surface area is 223 Å². The zero-order valence-corrected chi connectivity index (χ0v) is 22.8. The molecular formula is C26H30BrFN4O5. The van der Waals surface area contributed by atoms with Crippen molar-refractivity contribution in [2.24, 2.45) is 0 Å². The normalized spacial score (nSPS) is 11.3. The predicted octanol–water partition coefficient (Wildman–Crippen LogP) is 6.93. The fourth-order valence-corrected chi connectivity index (χ4v) is 4.17. The van der Waals surface area contributed by atoms with Gasteiger partial charge in [0.2, 0.25) is 0 Å². The number of carbonyl (C=O) groups is 1. The summed E-state index contributed by atoms with van der Waals surface area (Å²) in [5.74, 6) is -0.278. The van der Waals surface area contributed by atoms with Crippen LogP contribution in [0.4, 0.5) is 20.6 Å². The van der Waals surface area contributed by atoms with Crippen LogP contribution in [0.2, 0.25) is 0 Å². The van der Waals surface area contributed by atoms with Crippen LogP contribution in [0.1, 0.15) is 40.5 Å². The number of nitro groups is 1. The fraction of sp³-hybridized carbons (Fsp3) is 0.385. The van der Waals surface area contributed by atoms with Gasteiger partial charge in [-0.15, -0.1) is 0 Å². The molecule has 0 aliphatic rings. The zero-order chi connectivity index (χ0) is 27.2. The van der Waals surface area contributed by atoms with Gasteiger partial charge in [-0.2, -0.15) is 0 Å². The van der Waals surface area contributed by atoms with Crippen LogP contribution in [0.3, 0.4) is 0 Å². The average molecular weight is 577 g/mol. The van der Waals surface area contributed by atoms with Crippen molar-refractivity contribution < 1.29 is 23.6 Å². The zero-order valence-electron chi connectivity index (χ0n) is 21.2. The topological polar surface area (TPSA) is 107 Å². The first-order valence-electron chi connectivity index (χ1n) is 11.9. The first-order valence-corrected chi connectivity index (χ1v) is 12.7. The Hall–Kier alpha value is -3.47. The third-order valence-electron chi connectivity index (χ3n) is 5.59. The highest BCUT2D eigenvalue weighted by atomic mass is 79.9. The predicted molar refractivity (Wildman–Crippen MR) is 144 cm³/mol. The summed E-state index contributed by atoms with van der Waals surface area (Å²) in [6.45, 7) is 8.66. The Morgan fingerprint density at radius 3 is 2.62 bits per heavy atom. The Balaban J connectivity index is 1.60. The number of carbonyl (C=O) groups excluding carboxylic acids is 1. The number of benzene rings is 2. The van der Waals surface area contributed by atoms with E-state index in [9.17, 15) is 19.3 Å². The van der Waals surface area contributed by atoms with E-state index >= 15 is 0 Å². The van der Waals surface area contributed by atoms with E-state index in [4.69, 9.17) is 9.47 Å². The van der Waals surface area contributed by atoms with Crippen LogP contribution in [0.25, 0.3) is 10.9 Å². The molecule has 0 atom stereocenters. The number of aromatic nitrogens is 1. The van der Waals surface area contributed by atoms with E-state index in [2.05, 4.69) is 26.2 Å². The van der Waals surface area contributed by atoms with E-state index in [0.29, 0.717) is 42.5 Å². The van der Waals surface area contributed by atoms with Gasteiger partial charge in [-0.05, 0) is 70.9 Å². The van der Waals surface area contributed by atoms with Crippen LogP contribution in [-0.4, -0.2) is 46.1 Å². The number of unbranched alkanes of at least 4 members (excludes halogenated alkanes) is 1. The summed E-state index contributed by atoms with van der Waals surface area (Å²) < 4.78 is 25.9. The molecule has 0 radical (unpaired) electrons. The van der Waals surface area contributed by atoms with Crippen LogP contribution in [0, 0.1) is 15.9 Å². The number of pyridine rings is 1. The van der Waals surface area contributed by atoms with Gasteiger partial charge in [0.15, 0.2) is 11.5 Å². The maximum atomic E-state index is 13.9. The smallest absolute Gasteiger partial charge is 0.415 e. The lowest BCUT2D eigenvalue weighted by molar-refractivity contribution is -0.384. The second kappa shape index (κ2) is 12.2. The summed E-state index contributed by atoms with van der Waals surface area (Å²) in [5.41, 5.74) is 0.491. The lowest BCUT2D eigenvalue weighted by Gasteiger charge is -2.33. The van der Waals surface area contributed by atoms with E-state index in [1.807, 2.05) is 33.8 Å². The van der Waals surface area contributed by atoms with E-state index < -0.39 is 22.4 Å². The van der Waals surface area contributed by atoms with E-state index in [1.54, 1.807) is 12.1 Å². The Bertz CT molecular complexity index is 1280. The minimum atomic E-state index is -0.590. The largest absolute Gasteiger partial charge is 0.490 e. The highest BCUT2D eigenvalue weighted by Gasteiger charge is 2.27. The molecule has 0 fully saturated rings. The van der Waals surface area contributed by atoms with Crippen molar-refractivity contribution in [3.8, 4) is 11.5 Å². The van der Waals surface area contributed by atoms with Crippen LogP contribution in [-0.2, 0) is 0 Å². The lowest BCUT2D eigenvalue weighted by Crippen LogP contribution is -2.46. The summed E-state index contributed by atoms with van der Waals surface area (Å²) in [5, 5.41) is 15.3. The molecule has 0 saturated heterocycles. The Morgan fingerprint density at radius 2 is 1.95 bits per heavy atom. The van der Waals surface area contributed by atoms with Crippen LogP contribution in [0.5, 0.6) is 11.5 Å². The number of hydrogen-bond donors (Lipinski definition) is 1. The van der Waals surface area contributed by atoms with Gasteiger partial charge in [0.1, 0.15) is 17.7 Å². The van der Waals surface area contributed by atoms with Crippen molar-refractivity contribution in [1.29, 1.82) is 0 Å². The average Bonchev–Trinajstić information content (AvgIpc) is 2.81. The number of rotatable bonds is 10. The maximum absolute atomic E-state index is 13.9. The summed E-state index contributed by atoms with van der Waals surface area (Å²) in [6, 6.07) is 9.19. The monoisotopic (exact) mass is 576 g/mol. The van der Waals surface area contributed by atoms with Gasteiger partial charge in [-0.25, -0.2) is 14.2 Å². The molecule has 11 heteroatoms. The molecule has 0 aliphatic heterocycles. The summed E-state index contributed by atoms with van der Waals surface area (Å²) in [7, 11) is 0. The number of amides is 1. The molecule has 2 aromatic carbocycles. The second-order valence-corrected chi connectivity index (χ2v) is 10.2. The number of ether oxygens (including phenoxy) is 2. The quantitative estimate of drug-likeness (QED) is 0.158. The number of halogens is 2. The van der Waals surface area contributed by atoms with Gasteiger partial charge < -0.3 is 19.7 Å². The molecule has 0 spiro atoms. The molecule has 1 aromatic heterocycles. The Kier molecular flexibility index (Phi) is 9.25. The molecule has 37 heavy (non-hydrogen) atoms. The minimum Gasteiger partial charge on any atom is -0.490 e. The van der Waals surface area contributed by atoms with Crippen molar-refractivity contribution in [2.75, 3.05) is 25.0 Å². The number of nitrogens with zero attached hydrogens (tertiary/aromatic N) is 3. The lowest BCUT2D eigenvalue weighted by atomic mass is 10.1. The molecule has 1 amide bonds. The van der Waals surface area contributed by atoms with Crippen LogP contribution >= 0.6 is 15.9 Å². The van der Waals surface area contributed by atoms with Crippen molar-refractivity contribution >= 4 is 44.3 Å². The van der Waals surface area contributed by atoms with Gasteiger partial charge in [-0.3, -0.25) is 10.1 Å². The fourth-order valence-electron chi connectivity index (χ4n) is 3.81. The molecule has 3 aromatic rings. The number of nitrogens with one attached hydrogen (secondary N) is 1. The van der Waals surface area contributed by atoms with E-state index in [0.717, 1.165) is 10.5 Å². The third kappa shape index (κ3) is 7.28. The number of hydrogen-bond acceptors (Lipinski definition) is 7. The molecule has 0 bridgehead atoms. The summed E-state index contributed by atoms with van der Waals surface area (Å²) >= 11 is 3.40. The minimum absolute atomic E-state index is 0.00952. The molecule has 1 N–H and O–H groups in total. The maximum Gasteiger partial charge on any atom is 0.415 e. The first kappa shape index (κ1) is 28.1. The van der Waals surface area contributed by atoms with Crippen molar-refractivity contribution in [2.45, 2.75) is 46.1 Å². The van der Waals surface area contributed by atoms with E-state index in [-0.39, 0.29) is 23.8 Å². The molecular weight excluding hydrogens is 547 g/mol. The first-order chi connectivity index (χ1) is 17.5. The number of fused-ring (bicyclic) bond motifs is 1. The van der Waals surface area contributed by atoms with Gasteiger partial charge >= 0.3 is 11.8 Å². The molecule has 198 valence electrons. The summed E-state index contributed by atoms with van der Waals surface area (Å²) in [6.07, 6.45) is 1.89. The molecule has 0 aliphatic carbocycles. The highest BCUT2D eigenvalue weighted by Crippen LogP contribution is 2.33. The summed E-state index contributed by atoms with van der Waals surface area (Å²) in [4.78, 5) is 29.4. The van der Waals surface area contributed by atoms with Gasteiger partial charge in [0, 0.05) is 34.6 Å². The van der Waals surface area contributed by atoms with Crippen molar-refractivity contribution in [1.82, 2.24) is 9.88 Å². The third-order valence-corrected chi connectivity index (χ3v) is 6.08. The molecule has 1 heterocycles. The van der Waals surface area contributed by atoms with Gasteiger partial charge in [-0.1, -0.05) is 15.9 Å². The van der Waals surface area contributed by atoms with Crippen LogP contribution in [0.15, 0.2) is 47.1 Å². The molecule has 0 saturated carbocycles. The van der Waals surface area contributed by atoms with Gasteiger partial charge in [0.05, 0.1) is 17.0 Å². The van der Waals surface area contributed by atoms with Crippen molar-refractivity contribution in [3.05, 3.63) is 63.0 Å². The highest BCUT2D eigenvalue weighted by molar-refractivity contribution is 9.10. The number of anilines is 1. The molecule has 9 nitrogen and oxygen atoms in total. The SMILES string of the molecule is CCN(C(=O)Oc1cc(F)ccc1OCCCCNc1c([N+](=O)[O-])cnc2ccc(Br)cc12)C(C)(C)C. The van der Waals surface area contributed by atoms with Gasteiger partial charge in [0.25, 0.3) is 0 Å². The molecule has 3 rings (SSSR count). The van der Waals surface area contributed by atoms with Crippen LogP contribution < -0.4 is 14.8 Å². The van der Waals surface area contributed by atoms with E-state index in [1.165, 1.54) is 23.2 Å².